The lowest BCUT2D eigenvalue weighted by Crippen LogP contribution is -2.50. The van der Waals surface area contributed by atoms with Crippen LogP contribution in [0.3, 0.4) is 0 Å². The van der Waals surface area contributed by atoms with Crippen molar-refractivity contribution in [1.29, 1.82) is 0 Å². The Morgan fingerprint density at radius 2 is 1.90 bits per heavy atom. The van der Waals surface area contributed by atoms with Gasteiger partial charge in [0, 0.05) is 31.7 Å². The van der Waals surface area contributed by atoms with Crippen molar-refractivity contribution >= 4 is 15.9 Å². The van der Waals surface area contributed by atoms with Crippen LogP contribution in [0.4, 0.5) is 0 Å². The number of piperazine rings is 1. The lowest BCUT2D eigenvalue weighted by Gasteiger charge is -2.33. The van der Waals surface area contributed by atoms with Crippen LogP contribution in [0.2, 0.25) is 0 Å². The van der Waals surface area contributed by atoms with Gasteiger partial charge in [-0.05, 0) is 31.5 Å². The molecule has 2 heterocycles. The minimum absolute atomic E-state index is 0.176. The summed E-state index contributed by atoms with van der Waals surface area (Å²) in [6.07, 6.45) is 2.02. The zero-order valence-corrected chi connectivity index (χ0v) is 17.3. The summed E-state index contributed by atoms with van der Waals surface area (Å²) in [4.78, 5) is 18.2. The predicted octanol–water partition coefficient (Wildman–Crippen LogP) is 1.14. The largest absolute Gasteiger partial charge is 0.490 e. The topological polar surface area (TPSA) is 118 Å². The van der Waals surface area contributed by atoms with Crippen LogP contribution in [0.15, 0.2) is 29.7 Å². The third-order valence-corrected chi connectivity index (χ3v) is 6.19. The van der Waals surface area contributed by atoms with Crippen molar-refractivity contribution in [2.45, 2.75) is 25.4 Å². The molecule has 29 heavy (non-hydrogen) atoms. The SMILES string of the molecule is CCCOc1ccc(C(=O)N2CCN(S(=O)(=O)c3ncn[nH]3)CC2)cc1OCC. The predicted molar refractivity (Wildman–Crippen MR) is 104 cm³/mol. The Morgan fingerprint density at radius 3 is 2.52 bits per heavy atom. The second-order valence-corrected chi connectivity index (χ2v) is 8.28. The molecule has 0 saturated carbocycles. The number of hydrogen-bond acceptors (Lipinski definition) is 7. The summed E-state index contributed by atoms with van der Waals surface area (Å²) in [5.41, 5.74) is 0.476. The molecular weight excluding hydrogens is 398 g/mol. The van der Waals surface area contributed by atoms with E-state index in [4.69, 9.17) is 9.47 Å². The fraction of sp³-hybridized carbons (Fsp3) is 0.500. The number of benzene rings is 1. The number of amides is 1. The van der Waals surface area contributed by atoms with Gasteiger partial charge in [-0.3, -0.25) is 4.79 Å². The highest BCUT2D eigenvalue weighted by atomic mass is 32.2. The molecule has 0 unspecified atom stereocenters. The number of H-pyrrole nitrogens is 1. The first-order valence-electron chi connectivity index (χ1n) is 9.51. The maximum atomic E-state index is 12.9. The van der Waals surface area contributed by atoms with Crippen LogP contribution in [0.1, 0.15) is 30.6 Å². The summed E-state index contributed by atoms with van der Waals surface area (Å²) >= 11 is 0. The van der Waals surface area contributed by atoms with Crippen LogP contribution in [-0.4, -0.2) is 78.1 Å². The van der Waals surface area contributed by atoms with Gasteiger partial charge >= 0.3 is 0 Å². The molecule has 1 amide bonds. The lowest BCUT2D eigenvalue weighted by atomic mass is 10.1. The monoisotopic (exact) mass is 423 g/mol. The van der Waals surface area contributed by atoms with Crippen molar-refractivity contribution in [1.82, 2.24) is 24.4 Å². The van der Waals surface area contributed by atoms with Gasteiger partial charge in [0.15, 0.2) is 11.5 Å². The van der Waals surface area contributed by atoms with Crippen molar-refractivity contribution in [2.24, 2.45) is 0 Å². The van der Waals surface area contributed by atoms with Crippen LogP contribution in [0.25, 0.3) is 0 Å². The van der Waals surface area contributed by atoms with E-state index in [-0.39, 0.29) is 37.2 Å². The zero-order valence-electron chi connectivity index (χ0n) is 16.5. The molecule has 158 valence electrons. The third kappa shape index (κ3) is 4.67. The first kappa shape index (κ1) is 21.1. The minimum atomic E-state index is -3.73. The highest BCUT2D eigenvalue weighted by molar-refractivity contribution is 7.88. The fourth-order valence-corrected chi connectivity index (χ4v) is 4.23. The first-order valence-corrected chi connectivity index (χ1v) is 11.0. The quantitative estimate of drug-likeness (QED) is 0.676. The molecule has 1 aromatic heterocycles. The van der Waals surface area contributed by atoms with Gasteiger partial charge in [0.2, 0.25) is 0 Å². The normalized spacial score (nSPS) is 15.3. The van der Waals surface area contributed by atoms with Crippen molar-refractivity contribution in [3.8, 4) is 11.5 Å². The number of aromatic amines is 1. The van der Waals surface area contributed by atoms with Crippen molar-refractivity contribution < 1.29 is 22.7 Å². The van der Waals surface area contributed by atoms with Gasteiger partial charge in [-0.2, -0.15) is 9.40 Å². The van der Waals surface area contributed by atoms with E-state index in [1.54, 1.807) is 23.1 Å². The molecule has 1 N–H and O–H groups in total. The third-order valence-electron chi connectivity index (χ3n) is 4.46. The molecule has 0 radical (unpaired) electrons. The highest BCUT2D eigenvalue weighted by Gasteiger charge is 2.32. The second kappa shape index (κ2) is 9.23. The van der Waals surface area contributed by atoms with Crippen molar-refractivity contribution in [3.63, 3.8) is 0 Å². The zero-order chi connectivity index (χ0) is 20.9. The molecular formula is C18H25N5O5S. The van der Waals surface area contributed by atoms with E-state index in [9.17, 15) is 13.2 Å². The maximum absolute atomic E-state index is 12.9. The Balaban J connectivity index is 1.68. The Bertz CT molecular complexity index is 924. The van der Waals surface area contributed by atoms with Crippen LogP contribution in [0.5, 0.6) is 11.5 Å². The lowest BCUT2D eigenvalue weighted by molar-refractivity contribution is 0.0697. The molecule has 1 aliphatic rings. The molecule has 1 saturated heterocycles. The number of rotatable bonds is 8. The number of nitrogens with zero attached hydrogens (tertiary/aromatic N) is 4. The Morgan fingerprint density at radius 1 is 1.14 bits per heavy atom. The molecule has 10 nitrogen and oxygen atoms in total. The average molecular weight is 423 g/mol. The van der Waals surface area contributed by atoms with Gasteiger partial charge in [-0.1, -0.05) is 6.92 Å². The van der Waals surface area contributed by atoms with Crippen LogP contribution in [-0.2, 0) is 10.0 Å². The van der Waals surface area contributed by atoms with Gasteiger partial charge in [0.25, 0.3) is 21.1 Å². The fourth-order valence-electron chi connectivity index (χ4n) is 3.00. The van der Waals surface area contributed by atoms with E-state index in [0.717, 1.165) is 12.7 Å². The van der Waals surface area contributed by atoms with Crippen LogP contribution in [0, 0.1) is 0 Å². The molecule has 0 aliphatic carbocycles. The number of nitrogens with one attached hydrogen (secondary N) is 1. The van der Waals surface area contributed by atoms with Gasteiger partial charge in [-0.25, -0.2) is 18.5 Å². The summed E-state index contributed by atoms with van der Waals surface area (Å²) in [6.45, 7) is 5.84. The number of carbonyl (C=O) groups excluding carboxylic acids is 1. The Hall–Kier alpha value is -2.66. The Labute approximate surface area is 169 Å². The van der Waals surface area contributed by atoms with Crippen LogP contribution >= 0.6 is 0 Å². The minimum Gasteiger partial charge on any atom is -0.490 e. The Kier molecular flexibility index (Phi) is 6.70. The molecule has 1 aliphatic heterocycles. The van der Waals surface area contributed by atoms with Gasteiger partial charge in [-0.15, -0.1) is 0 Å². The van der Waals surface area contributed by atoms with E-state index >= 15 is 0 Å². The molecule has 1 fully saturated rings. The molecule has 1 aromatic carbocycles. The smallest absolute Gasteiger partial charge is 0.278 e. The summed E-state index contributed by atoms with van der Waals surface area (Å²) in [7, 11) is -3.73. The molecule has 0 atom stereocenters. The standard InChI is InChI=1S/C18H25N5O5S/c1-3-11-28-15-6-5-14(12-16(15)27-4-2)17(24)22-7-9-23(10-8-22)29(25,26)18-19-13-20-21-18/h5-6,12-13H,3-4,7-11H2,1-2H3,(H,19,20,21). The molecule has 11 heteroatoms. The molecule has 2 aromatic rings. The second-order valence-electron chi connectivity index (χ2n) is 6.43. The van der Waals surface area contributed by atoms with E-state index < -0.39 is 10.0 Å². The maximum Gasteiger partial charge on any atom is 0.278 e. The van der Waals surface area contributed by atoms with Crippen molar-refractivity contribution in [2.75, 3.05) is 39.4 Å². The molecule has 0 bridgehead atoms. The van der Waals surface area contributed by atoms with Crippen molar-refractivity contribution in [3.05, 3.63) is 30.1 Å². The van der Waals surface area contributed by atoms with E-state index in [2.05, 4.69) is 15.2 Å². The number of sulfonamides is 1. The van der Waals surface area contributed by atoms with E-state index in [1.165, 1.54) is 4.31 Å². The first-order chi connectivity index (χ1) is 14.0. The summed E-state index contributed by atoms with van der Waals surface area (Å²) < 4.78 is 37.6. The molecule has 3 rings (SSSR count). The average Bonchev–Trinajstić information content (AvgIpc) is 3.28. The number of ether oxygens (including phenoxy) is 2. The summed E-state index contributed by atoms with van der Waals surface area (Å²) in [5.74, 6) is 0.955. The summed E-state index contributed by atoms with van der Waals surface area (Å²) in [5, 5.41) is 5.77. The number of hydrogen-bond donors (Lipinski definition) is 1. The number of carbonyl (C=O) groups is 1. The van der Waals surface area contributed by atoms with E-state index in [0.29, 0.717) is 30.3 Å². The van der Waals surface area contributed by atoms with Gasteiger partial charge < -0.3 is 14.4 Å². The van der Waals surface area contributed by atoms with E-state index in [1.807, 2.05) is 13.8 Å². The number of aromatic nitrogens is 3. The van der Waals surface area contributed by atoms with Gasteiger partial charge in [0.1, 0.15) is 6.33 Å². The van der Waals surface area contributed by atoms with Crippen LogP contribution < -0.4 is 9.47 Å². The highest BCUT2D eigenvalue weighted by Crippen LogP contribution is 2.29. The van der Waals surface area contributed by atoms with Gasteiger partial charge in [0.05, 0.1) is 13.2 Å². The molecule has 0 spiro atoms. The summed E-state index contributed by atoms with van der Waals surface area (Å²) in [6, 6.07) is 5.11.